The largest absolute Gasteiger partial charge is 0.0622 e. The Kier molecular flexibility index (Phi) is 4.39. The summed E-state index contributed by atoms with van der Waals surface area (Å²) in [6.45, 7) is 4.63. The van der Waals surface area contributed by atoms with Crippen molar-refractivity contribution in [3.63, 3.8) is 0 Å². The molecule has 0 aliphatic heterocycles. The first-order valence-electron chi connectivity index (χ1n) is 7.79. The molecule has 3 aromatic rings. The van der Waals surface area contributed by atoms with Gasteiger partial charge in [0.1, 0.15) is 0 Å². The molecule has 0 N–H and O–H groups in total. The summed E-state index contributed by atoms with van der Waals surface area (Å²) in [5.74, 6) is 0. The molecule has 0 spiro atoms. The monoisotopic (exact) mass is 285 g/mol. The van der Waals surface area contributed by atoms with Crippen LogP contribution >= 0.6 is 0 Å². The van der Waals surface area contributed by atoms with Crippen molar-refractivity contribution in [2.75, 3.05) is 0 Å². The molecule has 0 heterocycles. The van der Waals surface area contributed by atoms with Crippen LogP contribution in [-0.4, -0.2) is 0 Å². The second-order valence-corrected chi connectivity index (χ2v) is 5.80. The summed E-state index contributed by atoms with van der Waals surface area (Å²) in [5.41, 5.74) is 3.70. The molecule has 0 fully saturated rings. The Labute approximate surface area is 133 Å². The molecule has 109 valence electrons. The van der Waals surface area contributed by atoms with E-state index in [-0.39, 0.29) is 5.41 Å². The van der Waals surface area contributed by atoms with Gasteiger partial charge >= 0.3 is 0 Å². The highest BCUT2D eigenvalue weighted by atomic mass is 14.3. The van der Waals surface area contributed by atoms with E-state index < -0.39 is 0 Å². The zero-order valence-electron chi connectivity index (χ0n) is 12.8. The van der Waals surface area contributed by atoms with Crippen LogP contribution in [0.5, 0.6) is 0 Å². The van der Waals surface area contributed by atoms with E-state index in [9.17, 15) is 0 Å². The second kappa shape index (κ2) is 6.62. The Morgan fingerprint density at radius 2 is 1.00 bits per heavy atom. The van der Waals surface area contributed by atoms with Crippen molar-refractivity contribution in [3.8, 4) is 0 Å². The van der Waals surface area contributed by atoms with Gasteiger partial charge in [0, 0.05) is 5.41 Å². The van der Waals surface area contributed by atoms with E-state index in [0.717, 1.165) is 12.8 Å². The van der Waals surface area contributed by atoms with Crippen molar-refractivity contribution in [3.05, 3.63) is 115 Å². The van der Waals surface area contributed by atoms with Gasteiger partial charge in [0.2, 0.25) is 0 Å². The number of rotatable bonds is 5. The molecular formula is C22H21. The van der Waals surface area contributed by atoms with Crippen LogP contribution in [0.1, 0.15) is 23.1 Å². The summed E-state index contributed by atoms with van der Waals surface area (Å²) in [5, 5.41) is 0. The lowest BCUT2D eigenvalue weighted by atomic mass is 9.72. The molecule has 0 nitrogen and oxygen atoms in total. The minimum atomic E-state index is -0.210. The minimum Gasteiger partial charge on any atom is -0.0622 e. The van der Waals surface area contributed by atoms with Gasteiger partial charge in [-0.2, -0.15) is 0 Å². The third-order valence-corrected chi connectivity index (χ3v) is 4.34. The summed E-state index contributed by atoms with van der Waals surface area (Å²) < 4.78 is 0. The van der Waals surface area contributed by atoms with Gasteiger partial charge in [0.05, 0.1) is 0 Å². The van der Waals surface area contributed by atoms with E-state index in [2.05, 4.69) is 97.9 Å². The van der Waals surface area contributed by atoms with Crippen molar-refractivity contribution in [1.29, 1.82) is 0 Å². The number of benzene rings is 3. The molecule has 1 radical (unpaired) electrons. The third-order valence-electron chi connectivity index (χ3n) is 4.34. The zero-order valence-corrected chi connectivity index (χ0v) is 12.8. The van der Waals surface area contributed by atoms with Gasteiger partial charge in [0.15, 0.2) is 0 Å². The van der Waals surface area contributed by atoms with Crippen molar-refractivity contribution < 1.29 is 0 Å². The van der Waals surface area contributed by atoms with E-state index in [4.69, 9.17) is 0 Å². The first-order valence-corrected chi connectivity index (χ1v) is 7.79. The van der Waals surface area contributed by atoms with Crippen molar-refractivity contribution in [2.45, 2.75) is 18.3 Å². The van der Waals surface area contributed by atoms with E-state index >= 15 is 0 Å². The number of hydrogen-bond donors (Lipinski definition) is 0. The van der Waals surface area contributed by atoms with E-state index in [1.807, 2.05) is 0 Å². The van der Waals surface area contributed by atoms with E-state index in [1.54, 1.807) is 0 Å². The second-order valence-electron chi connectivity index (χ2n) is 5.80. The minimum absolute atomic E-state index is 0.210. The highest BCUT2D eigenvalue weighted by Crippen LogP contribution is 2.35. The molecule has 0 atom stereocenters. The lowest BCUT2D eigenvalue weighted by Gasteiger charge is -2.31. The standard InChI is InChI=1S/C22H21/c1-22(20-13-7-3-8-14-20,21-15-9-4-10-16-21)18-17-19-11-5-2-6-12-19/h2-16H,1,17-18H2. The third kappa shape index (κ3) is 3.12. The Morgan fingerprint density at radius 3 is 1.45 bits per heavy atom. The zero-order chi connectivity index (χ0) is 15.3. The predicted octanol–water partition coefficient (Wildman–Crippen LogP) is 5.44. The quantitative estimate of drug-likeness (QED) is 0.585. The van der Waals surface area contributed by atoms with Crippen LogP contribution in [-0.2, 0) is 11.8 Å². The lowest BCUT2D eigenvalue weighted by Crippen LogP contribution is -2.25. The highest BCUT2D eigenvalue weighted by molar-refractivity contribution is 5.41. The molecule has 0 saturated heterocycles. The maximum atomic E-state index is 4.63. The van der Waals surface area contributed by atoms with Crippen LogP contribution in [0.4, 0.5) is 0 Å². The highest BCUT2D eigenvalue weighted by Gasteiger charge is 2.28. The average Bonchev–Trinajstić information content (AvgIpc) is 2.62. The van der Waals surface area contributed by atoms with E-state index in [1.165, 1.54) is 16.7 Å². The summed E-state index contributed by atoms with van der Waals surface area (Å²) in [6.07, 6.45) is 2.01. The predicted molar refractivity (Wildman–Crippen MR) is 93.8 cm³/mol. The van der Waals surface area contributed by atoms with Crippen LogP contribution in [0, 0.1) is 6.92 Å². The summed E-state index contributed by atoms with van der Waals surface area (Å²) in [7, 11) is 0. The van der Waals surface area contributed by atoms with Crippen LogP contribution in [0.15, 0.2) is 91.0 Å². The first kappa shape index (κ1) is 14.6. The van der Waals surface area contributed by atoms with Gasteiger partial charge < -0.3 is 0 Å². The molecular weight excluding hydrogens is 264 g/mol. The molecule has 0 bridgehead atoms. The van der Waals surface area contributed by atoms with Gasteiger partial charge in [-0.25, -0.2) is 0 Å². The van der Waals surface area contributed by atoms with Crippen LogP contribution in [0.2, 0.25) is 0 Å². The fraction of sp³-hybridized carbons (Fsp3) is 0.136. The van der Waals surface area contributed by atoms with Crippen molar-refractivity contribution in [1.82, 2.24) is 0 Å². The fourth-order valence-electron chi connectivity index (χ4n) is 2.97. The van der Waals surface area contributed by atoms with Crippen LogP contribution in [0.25, 0.3) is 0 Å². The number of aryl methyl sites for hydroxylation is 1. The maximum absolute atomic E-state index is 4.63. The molecule has 0 unspecified atom stereocenters. The summed E-state index contributed by atoms with van der Waals surface area (Å²) in [6, 6.07) is 31.9. The maximum Gasteiger partial charge on any atom is 0.0206 e. The fourth-order valence-corrected chi connectivity index (χ4v) is 2.97. The average molecular weight is 285 g/mol. The normalized spacial score (nSPS) is 11.3. The molecule has 0 saturated carbocycles. The SMILES string of the molecule is [CH2]C(CCc1ccccc1)(c1ccccc1)c1ccccc1. The Bertz CT molecular complexity index is 644. The Morgan fingerprint density at radius 1 is 0.591 bits per heavy atom. The summed E-state index contributed by atoms with van der Waals surface area (Å²) >= 11 is 0. The van der Waals surface area contributed by atoms with Crippen LogP contribution in [0.3, 0.4) is 0 Å². The van der Waals surface area contributed by atoms with Gasteiger partial charge in [0.25, 0.3) is 0 Å². The van der Waals surface area contributed by atoms with Gasteiger partial charge in [-0.15, -0.1) is 0 Å². The molecule has 0 aliphatic rings. The van der Waals surface area contributed by atoms with E-state index in [0.29, 0.717) is 0 Å². The van der Waals surface area contributed by atoms with Crippen molar-refractivity contribution in [2.24, 2.45) is 0 Å². The summed E-state index contributed by atoms with van der Waals surface area (Å²) in [4.78, 5) is 0. The topological polar surface area (TPSA) is 0 Å². The smallest absolute Gasteiger partial charge is 0.0206 e. The van der Waals surface area contributed by atoms with Crippen LogP contribution < -0.4 is 0 Å². The first-order chi connectivity index (χ1) is 10.8. The molecule has 0 aromatic heterocycles. The molecule has 0 amide bonds. The Hall–Kier alpha value is -2.34. The van der Waals surface area contributed by atoms with Crippen molar-refractivity contribution >= 4 is 0 Å². The molecule has 3 aromatic carbocycles. The van der Waals surface area contributed by atoms with Gasteiger partial charge in [-0.05, 0) is 36.5 Å². The van der Waals surface area contributed by atoms with Gasteiger partial charge in [-0.3, -0.25) is 0 Å². The molecule has 0 aliphatic carbocycles. The number of hydrogen-bond acceptors (Lipinski definition) is 0. The molecule has 3 rings (SSSR count). The lowest BCUT2D eigenvalue weighted by molar-refractivity contribution is 0.575. The van der Waals surface area contributed by atoms with Gasteiger partial charge in [-0.1, -0.05) is 91.0 Å². The molecule has 22 heavy (non-hydrogen) atoms. The molecule has 0 heteroatoms. The Balaban J connectivity index is 1.93.